The van der Waals surface area contributed by atoms with Crippen LogP contribution in [-0.4, -0.2) is 5.97 Å². The number of carbonyl (C=O) groups is 1. The predicted octanol–water partition coefficient (Wildman–Crippen LogP) is 2.97. The molecule has 0 aliphatic heterocycles. The number of hydrogen-bond donors (Lipinski definition) is 0. The third-order valence-corrected chi connectivity index (χ3v) is 2.32. The molecule has 0 radical (unpaired) electrons. The zero-order chi connectivity index (χ0) is 11.0. The lowest BCUT2D eigenvalue weighted by molar-refractivity contribution is -0.131. The van der Waals surface area contributed by atoms with Gasteiger partial charge in [0.05, 0.1) is 11.6 Å². The fourth-order valence-electron chi connectivity index (χ4n) is 1.63. The molecule has 0 N–H and O–H groups in total. The third-order valence-electron chi connectivity index (χ3n) is 2.32. The van der Waals surface area contributed by atoms with Gasteiger partial charge in [-0.2, -0.15) is 0 Å². The van der Waals surface area contributed by atoms with Crippen LogP contribution in [0, 0.1) is 13.8 Å². The second-order valence-corrected chi connectivity index (χ2v) is 3.60. The molecule has 0 saturated heterocycles. The molecular formula is C12H12O3. The summed E-state index contributed by atoms with van der Waals surface area (Å²) in [5.74, 6) is 0.289. The van der Waals surface area contributed by atoms with E-state index in [1.807, 2.05) is 26.0 Å². The quantitative estimate of drug-likeness (QED) is 0.529. The first kappa shape index (κ1) is 9.77. The first-order valence-electron chi connectivity index (χ1n) is 4.75. The van der Waals surface area contributed by atoms with Gasteiger partial charge in [0.1, 0.15) is 11.3 Å². The summed E-state index contributed by atoms with van der Waals surface area (Å²) in [5, 5.41) is 0.880. The highest BCUT2D eigenvalue weighted by molar-refractivity contribution is 5.90. The summed E-state index contributed by atoms with van der Waals surface area (Å²) in [4.78, 5) is 11.0. The lowest BCUT2D eigenvalue weighted by atomic mass is 10.1. The molecule has 0 saturated carbocycles. The lowest BCUT2D eigenvalue weighted by Gasteiger charge is -2.06. The first-order chi connectivity index (χ1) is 7.09. The molecular weight excluding hydrogens is 192 g/mol. The van der Waals surface area contributed by atoms with Gasteiger partial charge in [-0.25, -0.2) is 0 Å². The number of esters is 1. The topological polar surface area (TPSA) is 39.4 Å². The summed E-state index contributed by atoms with van der Waals surface area (Å²) >= 11 is 0. The summed E-state index contributed by atoms with van der Waals surface area (Å²) in [6.07, 6.45) is 1.66. The van der Waals surface area contributed by atoms with Crippen LogP contribution in [-0.2, 0) is 4.79 Å². The number of aryl methyl sites for hydroxylation is 2. The highest BCUT2D eigenvalue weighted by Crippen LogP contribution is 2.33. The van der Waals surface area contributed by atoms with Crippen LogP contribution in [0.1, 0.15) is 18.1 Å². The van der Waals surface area contributed by atoms with Crippen molar-refractivity contribution in [3.63, 3.8) is 0 Å². The van der Waals surface area contributed by atoms with Gasteiger partial charge in [0, 0.05) is 6.92 Å². The van der Waals surface area contributed by atoms with E-state index in [2.05, 4.69) is 0 Å². The zero-order valence-electron chi connectivity index (χ0n) is 8.96. The fourth-order valence-corrected chi connectivity index (χ4v) is 1.63. The van der Waals surface area contributed by atoms with Gasteiger partial charge >= 0.3 is 5.97 Å². The Morgan fingerprint density at radius 1 is 1.27 bits per heavy atom. The largest absolute Gasteiger partial charge is 0.464 e. The molecule has 0 spiro atoms. The highest BCUT2D eigenvalue weighted by Gasteiger charge is 2.13. The van der Waals surface area contributed by atoms with Crippen LogP contribution in [0.3, 0.4) is 0 Å². The Morgan fingerprint density at radius 3 is 2.67 bits per heavy atom. The van der Waals surface area contributed by atoms with Crippen LogP contribution in [0.5, 0.6) is 5.75 Å². The highest BCUT2D eigenvalue weighted by atomic mass is 16.5. The molecule has 0 atom stereocenters. The van der Waals surface area contributed by atoms with Crippen LogP contribution in [0.2, 0.25) is 0 Å². The molecule has 1 aromatic heterocycles. The molecule has 2 aromatic rings. The number of hydrogen-bond acceptors (Lipinski definition) is 3. The molecule has 3 nitrogen and oxygen atoms in total. The van der Waals surface area contributed by atoms with E-state index in [1.54, 1.807) is 6.26 Å². The number of furan rings is 1. The molecule has 0 aliphatic carbocycles. The summed E-state index contributed by atoms with van der Waals surface area (Å²) in [7, 11) is 0. The van der Waals surface area contributed by atoms with Crippen LogP contribution >= 0.6 is 0 Å². The van der Waals surface area contributed by atoms with Crippen LogP contribution in [0.15, 0.2) is 22.8 Å². The van der Waals surface area contributed by atoms with Crippen molar-refractivity contribution >= 4 is 16.9 Å². The van der Waals surface area contributed by atoms with E-state index in [4.69, 9.17) is 9.15 Å². The number of carbonyl (C=O) groups excluding carboxylic acids is 1. The maximum atomic E-state index is 11.0. The van der Waals surface area contributed by atoms with Gasteiger partial charge in [-0.15, -0.1) is 0 Å². The van der Waals surface area contributed by atoms with E-state index in [0.717, 1.165) is 22.1 Å². The smallest absolute Gasteiger partial charge is 0.308 e. The van der Waals surface area contributed by atoms with Gasteiger partial charge in [0.15, 0.2) is 0 Å². The second kappa shape index (κ2) is 3.42. The minimum absolute atomic E-state index is 0.314. The minimum atomic E-state index is -0.314. The van der Waals surface area contributed by atoms with E-state index in [-0.39, 0.29) is 5.97 Å². The predicted molar refractivity (Wildman–Crippen MR) is 57.0 cm³/mol. The number of ether oxygens (including phenoxy) is 1. The Morgan fingerprint density at radius 2 is 2.00 bits per heavy atom. The molecule has 1 aromatic carbocycles. The fraction of sp³-hybridized carbons (Fsp3) is 0.250. The number of rotatable bonds is 1. The Labute approximate surface area is 87.6 Å². The molecule has 1 heterocycles. The van der Waals surface area contributed by atoms with Crippen molar-refractivity contribution < 1.29 is 13.9 Å². The van der Waals surface area contributed by atoms with Gasteiger partial charge in [-0.05, 0) is 31.0 Å². The average molecular weight is 204 g/mol. The molecule has 3 heteroatoms. The van der Waals surface area contributed by atoms with Crippen LogP contribution < -0.4 is 4.74 Å². The SMILES string of the molecule is CC(=O)Oc1c(C)ccc2occ(C)c12. The van der Waals surface area contributed by atoms with Gasteiger partial charge in [0.2, 0.25) is 0 Å². The molecule has 78 valence electrons. The Balaban J connectivity index is 2.72. The molecule has 0 unspecified atom stereocenters. The van der Waals surface area contributed by atoms with Gasteiger partial charge < -0.3 is 9.15 Å². The maximum absolute atomic E-state index is 11.0. The Bertz CT molecular complexity index is 523. The van der Waals surface area contributed by atoms with Crippen LogP contribution in [0.4, 0.5) is 0 Å². The van der Waals surface area contributed by atoms with E-state index in [9.17, 15) is 4.79 Å². The monoisotopic (exact) mass is 204 g/mol. The third kappa shape index (κ3) is 1.61. The minimum Gasteiger partial charge on any atom is -0.464 e. The Hall–Kier alpha value is -1.77. The molecule has 0 aliphatic rings. The normalized spacial score (nSPS) is 10.6. The van der Waals surface area contributed by atoms with Crippen molar-refractivity contribution in [3.05, 3.63) is 29.5 Å². The molecule has 0 fully saturated rings. The van der Waals surface area contributed by atoms with Crippen molar-refractivity contribution in [3.8, 4) is 5.75 Å². The molecule has 0 bridgehead atoms. The van der Waals surface area contributed by atoms with Gasteiger partial charge in [-0.3, -0.25) is 4.79 Å². The lowest BCUT2D eigenvalue weighted by Crippen LogP contribution is -2.03. The summed E-state index contributed by atoms with van der Waals surface area (Å²) in [5.41, 5.74) is 2.65. The second-order valence-electron chi connectivity index (χ2n) is 3.60. The molecule has 2 rings (SSSR count). The van der Waals surface area contributed by atoms with Gasteiger partial charge in [0.25, 0.3) is 0 Å². The molecule has 15 heavy (non-hydrogen) atoms. The van der Waals surface area contributed by atoms with Crippen molar-refractivity contribution in [1.82, 2.24) is 0 Å². The summed E-state index contributed by atoms with van der Waals surface area (Å²) in [6, 6.07) is 3.76. The van der Waals surface area contributed by atoms with Crippen molar-refractivity contribution in [2.75, 3.05) is 0 Å². The van der Waals surface area contributed by atoms with E-state index < -0.39 is 0 Å². The van der Waals surface area contributed by atoms with E-state index in [0.29, 0.717) is 5.75 Å². The zero-order valence-corrected chi connectivity index (χ0v) is 8.96. The number of benzene rings is 1. The molecule has 0 amide bonds. The van der Waals surface area contributed by atoms with Crippen molar-refractivity contribution in [2.45, 2.75) is 20.8 Å². The van der Waals surface area contributed by atoms with Crippen molar-refractivity contribution in [2.24, 2.45) is 0 Å². The standard InChI is InChI=1S/C12H12O3/c1-7-4-5-10-11(8(2)6-14-10)12(7)15-9(3)13/h4-6H,1-3H3. The van der Waals surface area contributed by atoms with Gasteiger partial charge in [-0.1, -0.05) is 6.07 Å². The Kier molecular flexibility index (Phi) is 2.23. The van der Waals surface area contributed by atoms with E-state index in [1.165, 1.54) is 6.92 Å². The summed E-state index contributed by atoms with van der Waals surface area (Å²) in [6.45, 7) is 5.23. The van der Waals surface area contributed by atoms with Crippen molar-refractivity contribution in [1.29, 1.82) is 0 Å². The summed E-state index contributed by atoms with van der Waals surface area (Å²) < 4.78 is 10.5. The average Bonchev–Trinajstić information content (AvgIpc) is 2.52. The number of fused-ring (bicyclic) bond motifs is 1. The maximum Gasteiger partial charge on any atom is 0.308 e. The van der Waals surface area contributed by atoms with Crippen LogP contribution in [0.25, 0.3) is 11.0 Å². The van der Waals surface area contributed by atoms with E-state index >= 15 is 0 Å². The first-order valence-corrected chi connectivity index (χ1v) is 4.75.